The average Bonchev–Trinajstić information content (AvgIpc) is 2.25. The summed E-state index contributed by atoms with van der Waals surface area (Å²) in [5.74, 6) is 0. The van der Waals surface area contributed by atoms with Crippen LogP contribution in [0.5, 0.6) is 0 Å². The molecule has 0 saturated carbocycles. The lowest BCUT2D eigenvalue weighted by molar-refractivity contribution is -0.141. The van der Waals surface area contributed by atoms with Crippen molar-refractivity contribution in [3.63, 3.8) is 0 Å². The van der Waals surface area contributed by atoms with Gasteiger partial charge in [-0.3, -0.25) is 0 Å². The molecule has 3 nitrogen and oxygen atoms in total. The molecule has 0 bridgehead atoms. The first kappa shape index (κ1) is 13.8. The molecule has 0 amide bonds. The maximum absolute atomic E-state index is 12.5. The second kappa shape index (κ2) is 4.92. The van der Waals surface area contributed by atoms with Crippen molar-refractivity contribution < 1.29 is 27.1 Å². The van der Waals surface area contributed by atoms with Crippen LogP contribution in [0.15, 0.2) is 6.07 Å². The Balaban J connectivity index is 3.46. The third-order valence-electron chi connectivity index (χ3n) is 2.12. The molecule has 0 aliphatic rings. The number of aromatic nitrogens is 1. The van der Waals surface area contributed by atoms with Gasteiger partial charge >= 0.3 is 6.18 Å². The van der Waals surface area contributed by atoms with Gasteiger partial charge in [-0.15, -0.1) is 0 Å². The highest BCUT2D eigenvalue weighted by Gasteiger charge is 2.35. The largest absolute Gasteiger partial charge is 0.433 e. The van der Waals surface area contributed by atoms with Gasteiger partial charge < -0.3 is 10.8 Å². The molecule has 0 aliphatic heterocycles. The number of nitrogens with zero attached hydrogens (tertiary/aromatic N) is 1. The number of pyridine rings is 1. The van der Waals surface area contributed by atoms with Gasteiger partial charge in [0, 0.05) is 12.1 Å². The van der Waals surface area contributed by atoms with Crippen LogP contribution in [0.4, 0.5) is 22.0 Å². The minimum atomic E-state index is -4.83. The topological polar surface area (TPSA) is 59.1 Å². The minimum Gasteiger partial charge on any atom is -0.392 e. The maximum atomic E-state index is 12.5. The molecule has 0 unspecified atom stereocenters. The van der Waals surface area contributed by atoms with Crippen molar-refractivity contribution in [1.29, 1.82) is 0 Å². The number of hydrogen-bond donors (Lipinski definition) is 2. The Hall–Kier alpha value is -1.28. The Morgan fingerprint density at radius 2 is 1.94 bits per heavy atom. The molecule has 1 rings (SSSR count). The molecule has 1 aromatic rings. The molecule has 0 aromatic carbocycles. The lowest BCUT2D eigenvalue weighted by Crippen LogP contribution is -2.15. The van der Waals surface area contributed by atoms with Crippen LogP contribution < -0.4 is 5.73 Å². The highest BCUT2D eigenvalue weighted by Crippen LogP contribution is 2.32. The molecule has 0 saturated heterocycles. The summed E-state index contributed by atoms with van der Waals surface area (Å²) in [6, 6.07) is 0.567. The predicted octanol–water partition coefficient (Wildman–Crippen LogP) is 1.99. The summed E-state index contributed by atoms with van der Waals surface area (Å²) < 4.78 is 62.2. The van der Waals surface area contributed by atoms with Crippen LogP contribution in [-0.4, -0.2) is 10.1 Å². The first-order valence-electron chi connectivity index (χ1n) is 4.50. The molecule has 1 aromatic heterocycles. The van der Waals surface area contributed by atoms with Crippen molar-refractivity contribution in [2.24, 2.45) is 5.73 Å². The van der Waals surface area contributed by atoms with E-state index in [4.69, 9.17) is 10.8 Å². The van der Waals surface area contributed by atoms with Crippen molar-refractivity contribution in [3.8, 4) is 0 Å². The van der Waals surface area contributed by atoms with Crippen LogP contribution >= 0.6 is 0 Å². The molecule has 0 aliphatic carbocycles. The van der Waals surface area contributed by atoms with Crippen LogP contribution in [0.2, 0.25) is 0 Å². The smallest absolute Gasteiger partial charge is 0.392 e. The van der Waals surface area contributed by atoms with Crippen molar-refractivity contribution in [2.75, 3.05) is 0 Å². The molecule has 0 spiro atoms. The van der Waals surface area contributed by atoms with Gasteiger partial charge in [0.2, 0.25) is 0 Å². The number of halogens is 5. The van der Waals surface area contributed by atoms with E-state index in [1.54, 1.807) is 0 Å². The summed E-state index contributed by atoms with van der Waals surface area (Å²) in [5.41, 5.74) is 2.10. The fraction of sp³-hybridized carbons (Fsp3) is 0.444. The fourth-order valence-corrected chi connectivity index (χ4v) is 1.34. The van der Waals surface area contributed by atoms with Gasteiger partial charge in [0.1, 0.15) is 11.4 Å². The molecule has 17 heavy (non-hydrogen) atoms. The summed E-state index contributed by atoms with van der Waals surface area (Å²) >= 11 is 0. The van der Waals surface area contributed by atoms with E-state index in [-0.39, 0.29) is 17.7 Å². The SMILES string of the molecule is NCc1cc(C(F)(F)F)nc(C(F)F)c1CO. The summed E-state index contributed by atoms with van der Waals surface area (Å²) in [6.45, 7) is -1.22. The minimum absolute atomic E-state index is 0.190. The third-order valence-corrected chi connectivity index (χ3v) is 2.12. The van der Waals surface area contributed by atoms with Crippen molar-refractivity contribution in [1.82, 2.24) is 4.98 Å². The van der Waals surface area contributed by atoms with E-state index in [1.165, 1.54) is 0 Å². The zero-order valence-corrected chi connectivity index (χ0v) is 8.43. The number of alkyl halides is 5. The summed E-state index contributed by atoms with van der Waals surface area (Å²) in [7, 11) is 0. The second-order valence-electron chi connectivity index (χ2n) is 3.19. The number of rotatable bonds is 3. The summed E-state index contributed by atoms with van der Waals surface area (Å²) in [5, 5.41) is 8.86. The zero-order valence-electron chi connectivity index (χ0n) is 8.43. The van der Waals surface area contributed by atoms with Gasteiger partial charge in [-0.05, 0) is 11.6 Å². The predicted molar refractivity (Wildman–Crippen MR) is 48.0 cm³/mol. The Morgan fingerprint density at radius 3 is 2.29 bits per heavy atom. The zero-order chi connectivity index (χ0) is 13.2. The van der Waals surface area contributed by atoms with Crippen LogP contribution in [0.25, 0.3) is 0 Å². The van der Waals surface area contributed by atoms with Crippen LogP contribution in [0.1, 0.15) is 28.9 Å². The molecule has 0 atom stereocenters. The highest BCUT2D eigenvalue weighted by molar-refractivity contribution is 5.34. The molecule has 0 radical (unpaired) electrons. The second-order valence-corrected chi connectivity index (χ2v) is 3.19. The van der Waals surface area contributed by atoms with E-state index in [1.807, 2.05) is 0 Å². The monoisotopic (exact) mass is 256 g/mol. The Kier molecular flexibility index (Phi) is 3.99. The molecule has 8 heteroatoms. The fourth-order valence-electron chi connectivity index (χ4n) is 1.34. The van der Waals surface area contributed by atoms with Crippen LogP contribution in [0.3, 0.4) is 0 Å². The standard InChI is InChI=1S/C9H9F5N2O/c10-8(11)7-5(3-17)4(2-15)1-6(16-7)9(12,13)14/h1,8,17H,2-3,15H2. The van der Waals surface area contributed by atoms with Crippen molar-refractivity contribution in [2.45, 2.75) is 25.8 Å². The Morgan fingerprint density at radius 1 is 1.35 bits per heavy atom. The van der Waals surface area contributed by atoms with Crippen molar-refractivity contribution >= 4 is 0 Å². The van der Waals surface area contributed by atoms with Gasteiger partial charge in [-0.25, -0.2) is 13.8 Å². The maximum Gasteiger partial charge on any atom is 0.433 e. The first-order chi connectivity index (χ1) is 7.81. The normalized spacial score (nSPS) is 12.2. The van der Waals surface area contributed by atoms with E-state index in [0.717, 1.165) is 0 Å². The number of nitrogens with two attached hydrogens (primary N) is 1. The molecule has 3 N–H and O–H groups in total. The number of aliphatic hydroxyl groups is 1. The summed E-state index contributed by atoms with van der Waals surface area (Å²) in [6.07, 6.45) is -8.04. The Bertz CT molecular complexity index is 405. The van der Waals surface area contributed by atoms with Gasteiger partial charge in [-0.1, -0.05) is 0 Å². The summed E-state index contributed by atoms with van der Waals surface area (Å²) in [4.78, 5) is 2.83. The lowest BCUT2D eigenvalue weighted by Gasteiger charge is -2.14. The number of aliphatic hydroxyl groups excluding tert-OH is 1. The average molecular weight is 256 g/mol. The van der Waals surface area contributed by atoms with Gasteiger partial charge in [0.25, 0.3) is 6.43 Å². The van der Waals surface area contributed by atoms with Crippen molar-refractivity contribution in [3.05, 3.63) is 28.6 Å². The third kappa shape index (κ3) is 2.89. The molecule has 0 fully saturated rings. The molecular weight excluding hydrogens is 247 g/mol. The number of hydrogen-bond acceptors (Lipinski definition) is 3. The molecule has 1 heterocycles. The van der Waals surface area contributed by atoms with Crippen LogP contribution in [-0.2, 0) is 19.3 Å². The van der Waals surface area contributed by atoms with E-state index >= 15 is 0 Å². The molecule has 96 valence electrons. The van der Waals surface area contributed by atoms with Gasteiger partial charge in [0.15, 0.2) is 0 Å². The highest BCUT2D eigenvalue weighted by atomic mass is 19.4. The Labute approximate surface area is 93.1 Å². The quantitative estimate of drug-likeness (QED) is 0.813. The van der Waals surface area contributed by atoms with Gasteiger partial charge in [0.05, 0.1) is 6.61 Å². The van der Waals surface area contributed by atoms with E-state index in [0.29, 0.717) is 6.07 Å². The lowest BCUT2D eigenvalue weighted by atomic mass is 10.1. The van der Waals surface area contributed by atoms with Crippen LogP contribution in [0, 0.1) is 0 Å². The van der Waals surface area contributed by atoms with Gasteiger partial charge in [-0.2, -0.15) is 13.2 Å². The van der Waals surface area contributed by atoms with E-state index < -0.39 is 30.6 Å². The van der Waals surface area contributed by atoms with E-state index in [2.05, 4.69) is 4.98 Å². The first-order valence-corrected chi connectivity index (χ1v) is 4.50. The molecular formula is C9H9F5N2O. The van der Waals surface area contributed by atoms with E-state index in [9.17, 15) is 22.0 Å².